The monoisotopic (exact) mass is 309 g/mol. The first-order valence-corrected chi connectivity index (χ1v) is 8.88. The molecule has 1 aliphatic rings. The van der Waals surface area contributed by atoms with E-state index in [0.717, 1.165) is 43.2 Å². The molecular formula is C15H19NO4S. The van der Waals surface area contributed by atoms with E-state index in [-0.39, 0.29) is 6.10 Å². The van der Waals surface area contributed by atoms with Gasteiger partial charge in [0, 0.05) is 25.0 Å². The van der Waals surface area contributed by atoms with Crippen molar-refractivity contribution in [2.45, 2.75) is 18.9 Å². The lowest BCUT2D eigenvalue weighted by atomic mass is 10.1. The predicted molar refractivity (Wildman–Crippen MR) is 80.7 cm³/mol. The van der Waals surface area contributed by atoms with E-state index in [0.29, 0.717) is 6.54 Å². The fourth-order valence-electron chi connectivity index (χ4n) is 2.78. The van der Waals surface area contributed by atoms with Gasteiger partial charge >= 0.3 is 0 Å². The number of benzene rings is 1. The lowest BCUT2D eigenvalue weighted by molar-refractivity contribution is 0.209. The third-order valence-electron chi connectivity index (χ3n) is 3.77. The van der Waals surface area contributed by atoms with Gasteiger partial charge < -0.3 is 9.32 Å². The Balaban J connectivity index is 1.53. The van der Waals surface area contributed by atoms with Crippen LogP contribution in [0.15, 0.2) is 34.9 Å². The second-order valence-corrected chi connectivity index (χ2v) is 7.16. The molecule has 0 radical (unpaired) electrons. The maximum absolute atomic E-state index is 11.1. The molecule has 5 nitrogen and oxygen atoms in total. The lowest BCUT2D eigenvalue weighted by Crippen LogP contribution is -2.26. The minimum absolute atomic E-state index is 0.198. The van der Waals surface area contributed by atoms with Crippen LogP contribution in [0.2, 0.25) is 0 Å². The van der Waals surface area contributed by atoms with E-state index < -0.39 is 10.1 Å². The summed E-state index contributed by atoms with van der Waals surface area (Å²) in [5.74, 6) is 0. The Morgan fingerprint density at radius 3 is 3.05 bits per heavy atom. The topological polar surface area (TPSA) is 59.8 Å². The second-order valence-electron chi connectivity index (χ2n) is 5.55. The molecule has 1 saturated heterocycles. The predicted octanol–water partition coefficient (Wildman–Crippen LogP) is 2.03. The average Bonchev–Trinajstić information content (AvgIpc) is 3.02. The van der Waals surface area contributed by atoms with Crippen LogP contribution in [0.3, 0.4) is 0 Å². The van der Waals surface area contributed by atoms with Gasteiger partial charge in [0.15, 0.2) is 0 Å². The van der Waals surface area contributed by atoms with Crippen molar-refractivity contribution >= 4 is 21.1 Å². The van der Waals surface area contributed by atoms with E-state index in [1.165, 1.54) is 5.56 Å². The molecule has 1 aliphatic heterocycles. The molecule has 1 unspecified atom stereocenters. The highest BCUT2D eigenvalue weighted by Gasteiger charge is 2.25. The molecule has 0 bridgehead atoms. The molecule has 114 valence electrons. The van der Waals surface area contributed by atoms with Crippen molar-refractivity contribution in [3.8, 4) is 0 Å². The summed E-state index contributed by atoms with van der Waals surface area (Å²) >= 11 is 0. The van der Waals surface area contributed by atoms with Crippen molar-refractivity contribution in [2.24, 2.45) is 0 Å². The molecule has 2 heterocycles. The van der Waals surface area contributed by atoms with Crippen LogP contribution in [0.1, 0.15) is 12.0 Å². The van der Waals surface area contributed by atoms with Gasteiger partial charge in [0.25, 0.3) is 10.1 Å². The Hall–Kier alpha value is -1.37. The summed E-state index contributed by atoms with van der Waals surface area (Å²) in [7, 11) is -3.35. The quantitative estimate of drug-likeness (QED) is 0.791. The van der Waals surface area contributed by atoms with Crippen LogP contribution < -0.4 is 0 Å². The average molecular weight is 309 g/mol. The maximum Gasteiger partial charge on any atom is 0.264 e. The van der Waals surface area contributed by atoms with Crippen molar-refractivity contribution < 1.29 is 17.0 Å². The van der Waals surface area contributed by atoms with Crippen molar-refractivity contribution in [1.82, 2.24) is 4.90 Å². The molecule has 0 amide bonds. The van der Waals surface area contributed by atoms with Gasteiger partial charge in [0.05, 0.1) is 18.6 Å². The number of hydrogen-bond donors (Lipinski definition) is 0. The zero-order valence-electron chi connectivity index (χ0n) is 12.0. The number of fused-ring (bicyclic) bond motifs is 1. The molecule has 3 rings (SSSR count). The highest BCUT2D eigenvalue weighted by molar-refractivity contribution is 7.86. The number of hydrogen-bond acceptors (Lipinski definition) is 5. The fraction of sp³-hybridized carbons (Fsp3) is 0.467. The van der Waals surface area contributed by atoms with E-state index in [9.17, 15) is 8.42 Å². The smallest absolute Gasteiger partial charge is 0.264 e. The molecule has 21 heavy (non-hydrogen) atoms. The molecule has 0 N–H and O–H groups in total. The van der Waals surface area contributed by atoms with Gasteiger partial charge in [-0.1, -0.05) is 6.07 Å². The normalized spacial score (nSPS) is 20.3. The Morgan fingerprint density at radius 1 is 1.38 bits per heavy atom. The second kappa shape index (κ2) is 5.79. The molecule has 6 heteroatoms. The van der Waals surface area contributed by atoms with Gasteiger partial charge in [-0.25, -0.2) is 0 Å². The highest BCUT2D eigenvalue weighted by atomic mass is 32.2. The van der Waals surface area contributed by atoms with E-state index in [4.69, 9.17) is 8.60 Å². The summed E-state index contributed by atoms with van der Waals surface area (Å²) in [5, 5.41) is 1.12. The molecular weight excluding hydrogens is 290 g/mol. The standard InChI is InChI=1S/C15H19NO4S/c1-21(17,18)20-14-5-8-16(11-14)7-4-12-2-3-15-13(10-12)6-9-19-15/h2-3,6,9-10,14H,4-5,7-8,11H2,1H3. The van der Waals surface area contributed by atoms with Gasteiger partial charge in [-0.2, -0.15) is 8.42 Å². The summed E-state index contributed by atoms with van der Waals surface area (Å²) < 4.78 is 32.6. The SMILES string of the molecule is CS(=O)(=O)OC1CCN(CCc2ccc3occc3c2)C1. The van der Waals surface area contributed by atoms with Crippen molar-refractivity contribution in [3.05, 3.63) is 36.1 Å². The van der Waals surface area contributed by atoms with E-state index in [1.54, 1.807) is 6.26 Å². The van der Waals surface area contributed by atoms with E-state index >= 15 is 0 Å². The molecule has 1 aromatic heterocycles. The van der Waals surface area contributed by atoms with Crippen molar-refractivity contribution in [1.29, 1.82) is 0 Å². The molecule has 1 atom stereocenters. The summed E-state index contributed by atoms with van der Waals surface area (Å²) in [6.07, 6.45) is 4.31. The summed E-state index contributed by atoms with van der Waals surface area (Å²) in [6.45, 7) is 2.47. The zero-order valence-corrected chi connectivity index (χ0v) is 12.8. The number of furan rings is 1. The maximum atomic E-state index is 11.1. The van der Waals surface area contributed by atoms with Crippen LogP contribution in [0.5, 0.6) is 0 Å². The van der Waals surface area contributed by atoms with Crippen LogP contribution in [-0.4, -0.2) is 45.3 Å². The third-order valence-corrected chi connectivity index (χ3v) is 4.40. The third kappa shape index (κ3) is 3.84. The number of rotatable bonds is 5. The minimum Gasteiger partial charge on any atom is -0.464 e. The van der Waals surface area contributed by atoms with Gasteiger partial charge in [0.1, 0.15) is 5.58 Å². The molecule has 0 saturated carbocycles. The first-order valence-electron chi connectivity index (χ1n) is 7.06. The minimum atomic E-state index is -3.35. The fourth-order valence-corrected chi connectivity index (χ4v) is 3.44. The van der Waals surface area contributed by atoms with Gasteiger partial charge in [-0.3, -0.25) is 4.18 Å². The Bertz CT molecular complexity index is 722. The first-order chi connectivity index (χ1) is 9.99. The van der Waals surface area contributed by atoms with Gasteiger partial charge in [-0.05, 0) is 36.6 Å². The molecule has 0 aliphatic carbocycles. The lowest BCUT2D eigenvalue weighted by Gasteiger charge is -2.15. The van der Waals surface area contributed by atoms with Crippen molar-refractivity contribution in [3.63, 3.8) is 0 Å². The Labute approximate surface area is 124 Å². The van der Waals surface area contributed by atoms with Crippen LogP contribution in [0.25, 0.3) is 11.0 Å². The molecule has 2 aromatic rings. The molecule has 1 aromatic carbocycles. The van der Waals surface area contributed by atoms with Gasteiger partial charge in [-0.15, -0.1) is 0 Å². The molecule has 1 fully saturated rings. The highest BCUT2D eigenvalue weighted by Crippen LogP contribution is 2.19. The first kappa shape index (κ1) is 14.6. The Kier molecular flexibility index (Phi) is 4.01. The van der Waals surface area contributed by atoms with Crippen LogP contribution in [0, 0.1) is 0 Å². The summed E-state index contributed by atoms with van der Waals surface area (Å²) in [5.41, 5.74) is 2.16. The van der Waals surface area contributed by atoms with Gasteiger partial charge in [0.2, 0.25) is 0 Å². The molecule has 0 spiro atoms. The van der Waals surface area contributed by atoms with Crippen LogP contribution in [-0.2, 0) is 20.7 Å². The van der Waals surface area contributed by atoms with Crippen molar-refractivity contribution in [2.75, 3.05) is 25.9 Å². The van der Waals surface area contributed by atoms with E-state index in [2.05, 4.69) is 17.0 Å². The largest absolute Gasteiger partial charge is 0.464 e. The summed E-state index contributed by atoms with van der Waals surface area (Å²) in [4.78, 5) is 2.25. The van der Waals surface area contributed by atoms with Crippen LogP contribution in [0.4, 0.5) is 0 Å². The summed E-state index contributed by atoms with van der Waals surface area (Å²) in [6, 6.07) is 8.17. The number of nitrogens with zero attached hydrogens (tertiary/aromatic N) is 1. The Morgan fingerprint density at radius 2 is 2.24 bits per heavy atom. The number of likely N-dealkylation sites (tertiary alicyclic amines) is 1. The van der Waals surface area contributed by atoms with Crippen LogP contribution >= 0.6 is 0 Å². The van der Waals surface area contributed by atoms with E-state index in [1.807, 2.05) is 12.1 Å². The zero-order chi connectivity index (χ0) is 14.9.